The number of aryl methyl sites for hydroxylation is 2. The van der Waals surface area contributed by atoms with Gasteiger partial charge in [0.2, 0.25) is 0 Å². The molecule has 0 unspecified atom stereocenters. The molecule has 0 fully saturated rings. The van der Waals surface area contributed by atoms with Gasteiger partial charge in [0.05, 0.1) is 34.0 Å². The largest absolute Gasteiger partial charge is 0.449 e. The van der Waals surface area contributed by atoms with Crippen LogP contribution in [0.25, 0.3) is 22.3 Å². The number of nitrogens with one attached hydrogen (secondary N) is 1. The molecular formula is C25H21N5O3. The first-order valence-electron chi connectivity index (χ1n) is 10.3. The van der Waals surface area contributed by atoms with Gasteiger partial charge >= 0.3 is 5.97 Å². The quantitative estimate of drug-likeness (QED) is 0.471. The van der Waals surface area contributed by atoms with Crippen LogP contribution in [0.5, 0.6) is 0 Å². The molecule has 2 aromatic carbocycles. The van der Waals surface area contributed by atoms with E-state index in [9.17, 15) is 9.59 Å². The maximum atomic E-state index is 13.2. The van der Waals surface area contributed by atoms with Crippen LogP contribution in [0.1, 0.15) is 28.5 Å². The zero-order valence-corrected chi connectivity index (χ0v) is 18.4. The summed E-state index contributed by atoms with van der Waals surface area (Å²) in [6.07, 6.45) is -1.07. The van der Waals surface area contributed by atoms with Gasteiger partial charge in [0.1, 0.15) is 0 Å². The van der Waals surface area contributed by atoms with Gasteiger partial charge in [0, 0.05) is 18.3 Å². The molecule has 4 rings (SSSR count). The molecule has 0 aliphatic heterocycles. The van der Waals surface area contributed by atoms with Crippen LogP contribution in [0.4, 0.5) is 5.69 Å². The molecule has 33 heavy (non-hydrogen) atoms. The molecule has 0 aliphatic rings. The van der Waals surface area contributed by atoms with Crippen molar-refractivity contribution < 1.29 is 14.3 Å². The molecule has 1 amide bonds. The third-order valence-corrected chi connectivity index (χ3v) is 5.17. The second kappa shape index (κ2) is 8.93. The number of carbonyl (C=O) groups is 2. The molecule has 0 spiro atoms. The van der Waals surface area contributed by atoms with Crippen molar-refractivity contribution in [1.29, 1.82) is 5.26 Å². The highest BCUT2D eigenvalue weighted by Crippen LogP contribution is 2.27. The van der Waals surface area contributed by atoms with Gasteiger partial charge in [-0.2, -0.15) is 10.4 Å². The van der Waals surface area contributed by atoms with Gasteiger partial charge in [0.25, 0.3) is 5.91 Å². The Kier molecular flexibility index (Phi) is 5.87. The molecule has 0 saturated carbocycles. The summed E-state index contributed by atoms with van der Waals surface area (Å²) in [5.74, 6) is -1.15. The van der Waals surface area contributed by atoms with Crippen LogP contribution in [0.2, 0.25) is 0 Å². The summed E-state index contributed by atoms with van der Waals surface area (Å²) in [7, 11) is 1.76. The summed E-state index contributed by atoms with van der Waals surface area (Å²) in [5.41, 5.74) is 3.78. The van der Waals surface area contributed by atoms with Crippen molar-refractivity contribution in [3.05, 3.63) is 77.5 Å². The van der Waals surface area contributed by atoms with Crippen LogP contribution in [-0.4, -0.2) is 32.7 Å². The van der Waals surface area contributed by atoms with E-state index in [2.05, 4.69) is 15.4 Å². The minimum atomic E-state index is -1.07. The van der Waals surface area contributed by atoms with Crippen molar-refractivity contribution in [3.63, 3.8) is 0 Å². The second-order valence-electron chi connectivity index (χ2n) is 7.56. The average Bonchev–Trinajstić information content (AvgIpc) is 3.12. The van der Waals surface area contributed by atoms with E-state index >= 15 is 0 Å². The van der Waals surface area contributed by atoms with Crippen molar-refractivity contribution >= 4 is 28.6 Å². The fraction of sp³-hybridized carbons (Fsp3) is 0.160. The number of pyridine rings is 1. The summed E-state index contributed by atoms with van der Waals surface area (Å²) >= 11 is 0. The predicted octanol–water partition coefficient (Wildman–Crippen LogP) is 4.00. The molecule has 0 radical (unpaired) electrons. The summed E-state index contributed by atoms with van der Waals surface area (Å²) in [6.45, 7) is 3.29. The van der Waals surface area contributed by atoms with Gasteiger partial charge in [-0.1, -0.05) is 36.4 Å². The molecule has 1 N–H and O–H groups in total. The summed E-state index contributed by atoms with van der Waals surface area (Å²) < 4.78 is 7.13. The normalized spacial score (nSPS) is 11.6. The van der Waals surface area contributed by atoms with E-state index in [1.54, 1.807) is 49.0 Å². The van der Waals surface area contributed by atoms with Gasteiger partial charge in [-0.3, -0.25) is 9.48 Å². The maximum absolute atomic E-state index is 13.2. The Labute approximate surface area is 190 Å². The highest BCUT2D eigenvalue weighted by atomic mass is 16.5. The molecule has 4 aromatic rings. The molecule has 8 heteroatoms. The van der Waals surface area contributed by atoms with Gasteiger partial charge in [-0.15, -0.1) is 0 Å². The number of esters is 1. The number of nitrogens with zero attached hydrogens (tertiary/aromatic N) is 4. The molecule has 0 saturated heterocycles. The Morgan fingerprint density at radius 3 is 2.61 bits per heavy atom. The third kappa shape index (κ3) is 4.43. The Hall–Kier alpha value is -4.51. The summed E-state index contributed by atoms with van der Waals surface area (Å²) in [5, 5.41) is 16.7. The second-order valence-corrected chi connectivity index (χ2v) is 7.56. The first kappa shape index (κ1) is 21.7. The van der Waals surface area contributed by atoms with Crippen molar-refractivity contribution in [2.24, 2.45) is 7.05 Å². The minimum absolute atomic E-state index is 0.288. The molecular weight excluding hydrogens is 418 g/mol. The van der Waals surface area contributed by atoms with E-state index in [4.69, 9.17) is 10.00 Å². The number of hydrogen-bond acceptors (Lipinski definition) is 6. The topological polar surface area (TPSA) is 110 Å². The van der Waals surface area contributed by atoms with E-state index in [-0.39, 0.29) is 5.56 Å². The number of rotatable bonds is 5. The Balaban J connectivity index is 1.63. The molecule has 2 aromatic heterocycles. The lowest BCUT2D eigenvalue weighted by atomic mass is 10.1. The zero-order valence-electron chi connectivity index (χ0n) is 18.4. The van der Waals surface area contributed by atoms with Crippen molar-refractivity contribution in [2.45, 2.75) is 20.0 Å². The standard InChI is InChI=1S/C25H21N5O3/c1-15-22-20(13-21(18-9-5-4-6-10-18)28-23(22)30(3)29-15)25(32)33-16(2)24(31)27-19-11-7-8-17(12-19)14-26/h4-13,16H,1-3H3,(H,27,31)/t16-/m1/s1. The van der Waals surface area contributed by atoms with E-state index < -0.39 is 18.0 Å². The van der Waals surface area contributed by atoms with Crippen molar-refractivity contribution in [2.75, 3.05) is 5.32 Å². The van der Waals surface area contributed by atoms with E-state index in [0.717, 1.165) is 5.56 Å². The number of ether oxygens (including phenoxy) is 1. The van der Waals surface area contributed by atoms with Crippen molar-refractivity contribution in [3.8, 4) is 17.3 Å². The molecule has 2 heterocycles. The molecule has 8 nitrogen and oxygen atoms in total. The fourth-order valence-corrected chi connectivity index (χ4v) is 3.55. The molecule has 1 atom stereocenters. The van der Waals surface area contributed by atoms with Gasteiger partial charge in [-0.25, -0.2) is 9.78 Å². The van der Waals surface area contributed by atoms with Crippen LogP contribution < -0.4 is 5.32 Å². The predicted molar refractivity (Wildman–Crippen MR) is 123 cm³/mol. The first-order chi connectivity index (χ1) is 15.9. The number of amides is 1. The lowest BCUT2D eigenvalue weighted by molar-refractivity contribution is -0.123. The third-order valence-electron chi connectivity index (χ3n) is 5.17. The zero-order chi connectivity index (χ0) is 23.5. The highest BCUT2D eigenvalue weighted by Gasteiger charge is 2.24. The van der Waals surface area contributed by atoms with Gasteiger partial charge in [0.15, 0.2) is 11.8 Å². The van der Waals surface area contributed by atoms with E-state index in [1.807, 2.05) is 36.4 Å². The Morgan fingerprint density at radius 1 is 1.12 bits per heavy atom. The maximum Gasteiger partial charge on any atom is 0.339 e. The minimum Gasteiger partial charge on any atom is -0.449 e. The van der Waals surface area contributed by atoms with Crippen LogP contribution in [0.15, 0.2) is 60.7 Å². The number of carbonyl (C=O) groups excluding carboxylic acids is 2. The van der Waals surface area contributed by atoms with Crippen molar-refractivity contribution in [1.82, 2.24) is 14.8 Å². The fourth-order valence-electron chi connectivity index (χ4n) is 3.55. The number of fused-ring (bicyclic) bond motifs is 1. The molecule has 164 valence electrons. The Morgan fingerprint density at radius 2 is 1.88 bits per heavy atom. The molecule has 0 aliphatic carbocycles. The van der Waals surface area contributed by atoms with Crippen LogP contribution in [-0.2, 0) is 16.6 Å². The Bertz CT molecular complexity index is 1400. The number of anilines is 1. The van der Waals surface area contributed by atoms with E-state index in [1.165, 1.54) is 6.92 Å². The summed E-state index contributed by atoms with van der Waals surface area (Å²) in [4.78, 5) is 30.4. The lowest BCUT2D eigenvalue weighted by Crippen LogP contribution is -2.30. The molecule has 0 bridgehead atoms. The number of benzene rings is 2. The van der Waals surface area contributed by atoms with Crippen LogP contribution in [0.3, 0.4) is 0 Å². The van der Waals surface area contributed by atoms with E-state index in [0.29, 0.717) is 33.7 Å². The SMILES string of the molecule is Cc1nn(C)c2nc(-c3ccccc3)cc(C(=O)O[C@H](C)C(=O)Nc3cccc(C#N)c3)c12. The monoisotopic (exact) mass is 439 g/mol. The number of aromatic nitrogens is 3. The van der Waals surface area contributed by atoms with Gasteiger partial charge in [-0.05, 0) is 38.1 Å². The lowest BCUT2D eigenvalue weighted by Gasteiger charge is -2.15. The number of hydrogen-bond donors (Lipinski definition) is 1. The highest BCUT2D eigenvalue weighted by molar-refractivity contribution is 6.06. The average molecular weight is 439 g/mol. The van der Waals surface area contributed by atoms with Crippen LogP contribution in [0, 0.1) is 18.3 Å². The number of nitriles is 1. The smallest absolute Gasteiger partial charge is 0.339 e. The first-order valence-corrected chi connectivity index (χ1v) is 10.3. The summed E-state index contributed by atoms with van der Waals surface area (Å²) in [6, 6.07) is 19.7. The van der Waals surface area contributed by atoms with Gasteiger partial charge < -0.3 is 10.1 Å². The van der Waals surface area contributed by atoms with Crippen LogP contribution >= 0.6 is 0 Å².